The van der Waals surface area contributed by atoms with Gasteiger partial charge in [-0.2, -0.15) is 0 Å². The maximum Gasteiger partial charge on any atom is 0.350 e. The van der Waals surface area contributed by atoms with Crippen molar-refractivity contribution in [2.24, 2.45) is 0 Å². The summed E-state index contributed by atoms with van der Waals surface area (Å²) >= 11 is 0. The number of carbonyl (C=O) groups is 2. The minimum Gasteiger partial charge on any atom is -0.476 e. The van der Waals surface area contributed by atoms with Crippen LogP contribution < -0.4 is 10.1 Å². The maximum absolute atomic E-state index is 12.9. The predicted octanol–water partition coefficient (Wildman–Crippen LogP) is 3.38. The number of nitrogens with zero attached hydrogens (tertiary/aromatic N) is 1. The van der Waals surface area contributed by atoms with E-state index in [9.17, 15) is 24.1 Å². The van der Waals surface area contributed by atoms with Crippen LogP contribution in [0.3, 0.4) is 0 Å². The minimum atomic E-state index is -1.40. The second-order valence-electron chi connectivity index (χ2n) is 6.45. The zero-order chi connectivity index (χ0) is 20.9. The predicted molar refractivity (Wildman–Crippen MR) is 98.5 cm³/mol. The van der Waals surface area contributed by atoms with E-state index in [2.05, 4.69) is 5.32 Å². The molecule has 0 aliphatic carbocycles. The lowest BCUT2D eigenvalue weighted by atomic mass is 10.1. The van der Waals surface area contributed by atoms with Crippen molar-refractivity contribution in [1.29, 1.82) is 0 Å². The van der Waals surface area contributed by atoms with Crippen molar-refractivity contribution in [3.8, 4) is 5.75 Å². The van der Waals surface area contributed by atoms with E-state index in [-0.39, 0.29) is 11.4 Å². The van der Waals surface area contributed by atoms with E-state index in [0.29, 0.717) is 11.3 Å². The Morgan fingerprint density at radius 3 is 2.39 bits per heavy atom. The Morgan fingerprint density at radius 2 is 1.82 bits per heavy atom. The first-order chi connectivity index (χ1) is 13.1. The quantitative estimate of drug-likeness (QED) is 0.441. The third kappa shape index (κ3) is 5.50. The molecule has 0 saturated carbocycles. The van der Waals surface area contributed by atoms with Gasteiger partial charge in [0.1, 0.15) is 11.6 Å². The molecule has 0 spiro atoms. The van der Waals surface area contributed by atoms with Crippen LogP contribution in [0.2, 0.25) is 0 Å². The maximum atomic E-state index is 12.9. The van der Waals surface area contributed by atoms with Crippen LogP contribution in [0.25, 0.3) is 0 Å². The molecule has 0 aromatic heterocycles. The first kappa shape index (κ1) is 20.8. The summed E-state index contributed by atoms with van der Waals surface area (Å²) in [6.07, 6.45) is 0. The van der Waals surface area contributed by atoms with E-state index >= 15 is 0 Å². The average Bonchev–Trinajstić information content (AvgIpc) is 2.63. The van der Waals surface area contributed by atoms with E-state index in [1.807, 2.05) is 0 Å². The number of benzene rings is 2. The Balaban J connectivity index is 1.91. The van der Waals surface area contributed by atoms with Crippen molar-refractivity contribution in [2.75, 3.05) is 11.9 Å². The number of anilines is 1. The number of hydrogen-bond acceptors (Lipinski definition) is 6. The van der Waals surface area contributed by atoms with Gasteiger partial charge in [-0.3, -0.25) is 14.9 Å². The highest BCUT2D eigenvalue weighted by Gasteiger charge is 2.32. The first-order valence-corrected chi connectivity index (χ1v) is 8.25. The Labute approximate surface area is 160 Å². The Bertz CT molecular complexity index is 896. The summed E-state index contributed by atoms with van der Waals surface area (Å²) in [7, 11) is 0. The van der Waals surface area contributed by atoms with Gasteiger partial charge in [-0.15, -0.1) is 0 Å². The number of nitro groups is 1. The number of non-ortho nitro benzene ring substituents is 1. The summed E-state index contributed by atoms with van der Waals surface area (Å²) in [5, 5.41) is 13.3. The van der Waals surface area contributed by atoms with E-state index < -0.39 is 34.8 Å². The van der Waals surface area contributed by atoms with Gasteiger partial charge >= 0.3 is 5.97 Å². The number of carbonyl (C=O) groups excluding carboxylic acids is 2. The molecule has 148 valence electrons. The number of ether oxygens (including phenoxy) is 2. The van der Waals surface area contributed by atoms with Crippen LogP contribution >= 0.6 is 0 Å². The Hall–Kier alpha value is -3.49. The average molecular weight is 390 g/mol. The molecular weight excluding hydrogens is 371 g/mol. The lowest BCUT2D eigenvalue weighted by molar-refractivity contribution is -0.384. The molecule has 2 rings (SSSR count). The minimum absolute atomic E-state index is 0.0957. The second-order valence-corrected chi connectivity index (χ2v) is 6.45. The molecular formula is C19H19FN2O6. The van der Waals surface area contributed by atoms with Gasteiger partial charge in [-0.1, -0.05) is 0 Å². The zero-order valence-corrected chi connectivity index (χ0v) is 15.5. The largest absolute Gasteiger partial charge is 0.476 e. The lowest BCUT2D eigenvalue weighted by Crippen LogP contribution is -2.41. The molecule has 0 aliphatic rings. The van der Waals surface area contributed by atoms with E-state index in [1.54, 1.807) is 6.92 Å². The summed E-state index contributed by atoms with van der Waals surface area (Å²) in [6, 6.07) is 9.10. The van der Waals surface area contributed by atoms with Crippen molar-refractivity contribution >= 4 is 23.3 Å². The van der Waals surface area contributed by atoms with E-state index in [4.69, 9.17) is 9.47 Å². The van der Waals surface area contributed by atoms with Crippen LogP contribution in [-0.4, -0.2) is 29.0 Å². The SMILES string of the molecule is Cc1cc([N+](=O)[O-])ccc1NC(=O)COC(=O)C(C)(C)Oc1ccc(F)cc1. The van der Waals surface area contributed by atoms with Gasteiger partial charge in [-0.25, -0.2) is 9.18 Å². The van der Waals surface area contributed by atoms with Gasteiger partial charge in [0.2, 0.25) is 0 Å². The van der Waals surface area contributed by atoms with Gasteiger partial charge in [0.05, 0.1) is 4.92 Å². The molecule has 0 atom stereocenters. The van der Waals surface area contributed by atoms with Crippen molar-refractivity contribution in [3.05, 3.63) is 64.0 Å². The Morgan fingerprint density at radius 1 is 1.18 bits per heavy atom. The molecule has 8 nitrogen and oxygen atoms in total. The molecule has 9 heteroatoms. The number of halogens is 1. The van der Waals surface area contributed by atoms with Crippen molar-refractivity contribution in [2.45, 2.75) is 26.4 Å². The lowest BCUT2D eigenvalue weighted by Gasteiger charge is -2.24. The molecule has 2 aromatic rings. The first-order valence-electron chi connectivity index (χ1n) is 8.25. The number of nitro benzene ring substituents is 1. The molecule has 0 aliphatic heterocycles. The Kier molecular flexibility index (Phi) is 6.29. The fourth-order valence-electron chi connectivity index (χ4n) is 2.23. The monoisotopic (exact) mass is 390 g/mol. The smallest absolute Gasteiger partial charge is 0.350 e. The van der Waals surface area contributed by atoms with Crippen LogP contribution in [0.4, 0.5) is 15.8 Å². The highest BCUT2D eigenvalue weighted by molar-refractivity contribution is 5.94. The van der Waals surface area contributed by atoms with Gasteiger partial charge < -0.3 is 14.8 Å². The van der Waals surface area contributed by atoms with Crippen LogP contribution in [0.5, 0.6) is 5.75 Å². The van der Waals surface area contributed by atoms with E-state index in [1.165, 1.54) is 56.3 Å². The van der Waals surface area contributed by atoms with Gasteiger partial charge in [0, 0.05) is 17.8 Å². The topological polar surface area (TPSA) is 108 Å². The molecule has 0 bridgehead atoms. The normalized spacial score (nSPS) is 10.9. The molecule has 28 heavy (non-hydrogen) atoms. The summed E-state index contributed by atoms with van der Waals surface area (Å²) in [5.74, 6) is -1.56. The number of hydrogen-bond donors (Lipinski definition) is 1. The number of esters is 1. The summed E-state index contributed by atoms with van der Waals surface area (Å²) in [5.41, 5.74) is -0.634. The van der Waals surface area contributed by atoms with Gasteiger partial charge in [0.25, 0.3) is 11.6 Å². The van der Waals surface area contributed by atoms with Crippen LogP contribution in [0, 0.1) is 22.9 Å². The number of rotatable bonds is 7. The highest BCUT2D eigenvalue weighted by atomic mass is 19.1. The third-order valence-electron chi connectivity index (χ3n) is 3.71. The highest BCUT2D eigenvalue weighted by Crippen LogP contribution is 2.22. The molecule has 1 amide bonds. The zero-order valence-electron chi connectivity index (χ0n) is 15.5. The molecule has 0 radical (unpaired) electrons. The van der Waals surface area contributed by atoms with Crippen molar-refractivity contribution < 1.29 is 28.4 Å². The van der Waals surface area contributed by atoms with Crippen LogP contribution in [0.1, 0.15) is 19.4 Å². The van der Waals surface area contributed by atoms with Gasteiger partial charge in [0.15, 0.2) is 12.2 Å². The number of amides is 1. The van der Waals surface area contributed by atoms with Crippen molar-refractivity contribution in [3.63, 3.8) is 0 Å². The summed E-state index contributed by atoms with van der Waals surface area (Å²) in [4.78, 5) is 34.4. The standard InChI is InChI=1S/C19H19FN2O6/c1-12-10-14(22(25)26)6-9-16(12)21-17(23)11-27-18(24)19(2,3)28-15-7-4-13(20)5-8-15/h4-10H,11H2,1-3H3,(H,21,23). The fourth-order valence-corrected chi connectivity index (χ4v) is 2.23. The summed E-state index contributed by atoms with van der Waals surface area (Å²) in [6.45, 7) is 3.95. The molecule has 0 saturated heterocycles. The number of nitrogens with one attached hydrogen (secondary N) is 1. The molecule has 0 heterocycles. The fraction of sp³-hybridized carbons (Fsp3) is 0.263. The molecule has 0 unspecified atom stereocenters. The van der Waals surface area contributed by atoms with Crippen LogP contribution in [-0.2, 0) is 14.3 Å². The van der Waals surface area contributed by atoms with Gasteiger partial charge in [-0.05, 0) is 56.7 Å². The van der Waals surface area contributed by atoms with Crippen molar-refractivity contribution in [1.82, 2.24) is 0 Å². The third-order valence-corrected chi connectivity index (χ3v) is 3.71. The van der Waals surface area contributed by atoms with Crippen LogP contribution in [0.15, 0.2) is 42.5 Å². The molecule has 1 N–H and O–H groups in total. The van der Waals surface area contributed by atoms with E-state index in [0.717, 1.165) is 0 Å². The molecule has 2 aromatic carbocycles. The number of aryl methyl sites for hydroxylation is 1. The summed E-state index contributed by atoms with van der Waals surface area (Å²) < 4.78 is 23.4. The second kappa shape index (κ2) is 8.47. The molecule has 0 fully saturated rings.